The van der Waals surface area contributed by atoms with Crippen LogP contribution in [0, 0.1) is 6.92 Å². The van der Waals surface area contributed by atoms with E-state index in [0.717, 1.165) is 49.8 Å². The van der Waals surface area contributed by atoms with Crippen molar-refractivity contribution in [3.63, 3.8) is 0 Å². The fourth-order valence-corrected chi connectivity index (χ4v) is 6.95. The van der Waals surface area contributed by atoms with Gasteiger partial charge in [-0.15, -0.1) is 22.7 Å². The van der Waals surface area contributed by atoms with Gasteiger partial charge in [-0.25, -0.2) is 9.97 Å². The highest BCUT2D eigenvalue weighted by Gasteiger charge is 2.29. The molecule has 0 saturated carbocycles. The van der Waals surface area contributed by atoms with E-state index in [4.69, 9.17) is 14.7 Å². The molecule has 200 valence electrons. The Hall–Kier alpha value is -3.60. The average Bonchev–Trinajstić information content (AvgIpc) is 3.68. The summed E-state index contributed by atoms with van der Waals surface area (Å²) < 4.78 is 6.04. The van der Waals surface area contributed by atoms with E-state index in [-0.39, 0.29) is 5.70 Å². The summed E-state index contributed by atoms with van der Waals surface area (Å²) in [4.78, 5) is 38.6. The number of anilines is 1. The lowest BCUT2D eigenvalue weighted by Gasteiger charge is -2.23. The quantitative estimate of drug-likeness (QED) is 0.284. The van der Waals surface area contributed by atoms with Crippen LogP contribution in [0.4, 0.5) is 5.82 Å². The molecule has 8 nitrogen and oxygen atoms in total. The molecule has 10 heteroatoms. The molecule has 1 unspecified atom stereocenters. The molecule has 39 heavy (non-hydrogen) atoms. The number of carbonyl (C=O) groups is 2. The smallest absolute Gasteiger partial charge is 0.274 e. The number of fused-ring (bicyclic) bond motifs is 1. The first-order chi connectivity index (χ1) is 19.0. The lowest BCUT2D eigenvalue weighted by Crippen LogP contribution is -2.35. The van der Waals surface area contributed by atoms with Crippen molar-refractivity contribution in [2.75, 3.05) is 25.1 Å². The average molecular weight is 560 g/mol. The zero-order valence-electron chi connectivity index (χ0n) is 21.8. The molecule has 1 fully saturated rings. The Kier molecular flexibility index (Phi) is 7.16. The number of likely N-dealkylation sites (N-methyl/N-ethyl adjacent to an activating group) is 1. The van der Waals surface area contributed by atoms with Gasteiger partial charge in [0.15, 0.2) is 5.82 Å². The molecule has 3 aromatic heterocycles. The van der Waals surface area contributed by atoms with Crippen molar-refractivity contribution in [3.05, 3.63) is 59.1 Å². The van der Waals surface area contributed by atoms with Crippen LogP contribution in [0.3, 0.4) is 0 Å². The van der Waals surface area contributed by atoms with Crippen LogP contribution in [0.5, 0.6) is 5.75 Å². The molecule has 1 aromatic carbocycles. The Bertz CT molecular complexity index is 1550. The van der Waals surface area contributed by atoms with Crippen molar-refractivity contribution in [2.45, 2.75) is 38.6 Å². The Morgan fingerprint density at radius 1 is 1.13 bits per heavy atom. The molecule has 1 saturated heterocycles. The first-order valence-corrected chi connectivity index (χ1v) is 14.8. The van der Waals surface area contributed by atoms with Crippen LogP contribution in [0.15, 0.2) is 53.6 Å². The number of hydrogen-bond acceptors (Lipinski definition) is 9. The first kappa shape index (κ1) is 25.7. The molecule has 4 aromatic rings. The highest BCUT2D eigenvalue weighted by molar-refractivity contribution is 7.22. The standard InChI is InChI=1S/C29H29N5O3S2/c1-17-24-27(34(2)21-16-23(35)31-28(21)36)32-26(22-7-5-15-38-22)33-29(24)39-25(17)18-8-10-20(11-9-18)37-14-12-19-6-3-4-13-30-19/h5,7-11,15-16,19,30H,3-4,6,12-14H2,1-2H3,(H,31,35,36). The van der Waals surface area contributed by atoms with E-state index in [0.29, 0.717) is 24.3 Å². The fourth-order valence-electron chi connectivity index (χ4n) is 5.11. The molecular weight excluding hydrogens is 530 g/mol. The number of carbonyl (C=O) groups excluding carboxylic acids is 2. The number of ether oxygens (including phenoxy) is 1. The summed E-state index contributed by atoms with van der Waals surface area (Å²) in [5, 5.41) is 8.74. The monoisotopic (exact) mass is 559 g/mol. The number of imide groups is 1. The molecule has 1 atom stereocenters. The van der Waals surface area contributed by atoms with E-state index in [2.05, 4.69) is 29.7 Å². The molecule has 0 aliphatic carbocycles. The van der Waals surface area contributed by atoms with E-state index in [1.54, 1.807) is 34.6 Å². The molecule has 2 aliphatic rings. The van der Waals surface area contributed by atoms with Gasteiger partial charge < -0.3 is 15.0 Å². The Balaban J connectivity index is 1.32. The molecule has 2 amide bonds. The molecule has 2 aliphatic heterocycles. The van der Waals surface area contributed by atoms with Crippen molar-refractivity contribution in [1.82, 2.24) is 20.6 Å². The SMILES string of the molecule is Cc1c(-c2ccc(OCCC3CCCCN3)cc2)sc2nc(-c3cccs3)nc(N(C)C3=CC(=O)NC3=O)c12. The number of nitrogens with one attached hydrogen (secondary N) is 2. The second kappa shape index (κ2) is 10.9. The number of piperidine rings is 1. The summed E-state index contributed by atoms with van der Waals surface area (Å²) in [6, 6.07) is 12.7. The summed E-state index contributed by atoms with van der Waals surface area (Å²) in [5.74, 6) is 1.18. The van der Waals surface area contributed by atoms with Crippen molar-refractivity contribution in [3.8, 4) is 26.9 Å². The summed E-state index contributed by atoms with van der Waals surface area (Å²) in [5.41, 5.74) is 2.35. The third-order valence-corrected chi connectivity index (χ3v) is 9.29. The zero-order valence-corrected chi connectivity index (χ0v) is 23.5. The molecule has 5 heterocycles. The number of rotatable bonds is 8. The van der Waals surface area contributed by atoms with Crippen LogP contribution < -0.4 is 20.3 Å². The minimum Gasteiger partial charge on any atom is -0.494 e. The number of benzene rings is 1. The van der Waals surface area contributed by atoms with Gasteiger partial charge in [0.25, 0.3) is 11.8 Å². The number of aromatic nitrogens is 2. The summed E-state index contributed by atoms with van der Waals surface area (Å²) in [6.07, 6.45) is 6.10. The third-order valence-electron chi connectivity index (χ3n) is 7.19. The van der Waals surface area contributed by atoms with Gasteiger partial charge in [0.1, 0.15) is 22.1 Å². The molecule has 6 rings (SSSR count). The summed E-state index contributed by atoms with van der Waals surface area (Å²) >= 11 is 3.15. The molecular formula is C29H29N5O3S2. The van der Waals surface area contributed by atoms with Gasteiger partial charge in [-0.3, -0.25) is 14.9 Å². The van der Waals surface area contributed by atoms with Crippen molar-refractivity contribution in [1.29, 1.82) is 0 Å². The lowest BCUT2D eigenvalue weighted by molar-refractivity contribution is -0.123. The fraction of sp³-hybridized carbons (Fsp3) is 0.310. The highest BCUT2D eigenvalue weighted by Crippen LogP contribution is 2.43. The van der Waals surface area contributed by atoms with Crippen molar-refractivity contribution in [2.24, 2.45) is 0 Å². The number of thiophene rings is 2. The second-order valence-electron chi connectivity index (χ2n) is 9.80. The maximum atomic E-state index is 12.5. The van der Waals surface area contributed by atoms with Gasteiger partial charge in [-0.05, 0) is 79.6 Å². The van der Waals surface area contributed by atoms with Crippen LogP contribution in [0.25, 0.3) is 31.4 Å². The van der Waals surface area contributed by atoms with Crippen LogP contribution in [-0.2, 0) is 9.59 Å². The minimum atomic E-state index is -0.435. The predicted molar refractivity (Wildman–Crippen MR) is 156 cm³/mol. The van der Waals surface area contributed by atoms with Gasteiger partial charge in [0, 0.05) is 24.0 Å². The van der Waals surface area contributed by atoms with E-state index in [9.17, 15) is 9.59 Å². The van der Waals surface area contributed by atoms with Gasteiger partial charge in [-0.2, -0.15) is 0 Å². The maximum Gasteiger partial charge on any atom is 0.274 e. The third kappa shape index (κ3) is 5.19. The number of aryl methyl sites for hydroxylation is 1. The van der Waals surface area contributed by atoms with E-state index < -0.39 is 11.8 Å². The number of amides is 2. The number of nitrogens with zero attached hydrogens (tertiary/aromatic N) is 3. The van der Waals surface area contributed by atoms with Crippen LogP contribution in [0.1, 0.15) is 31.2 Å². The van der Waals surface area contributed by atoms with E-state index in [1.165, 1.54) is 25.3 Å². The van der Waals surface area contributed by atoms with Gasteiger partial charge in [0.05, 0.1) is 16.9 Å². The first-order valence-electron chi connectivity index (χ1n) is 13.1. The largest absolute Gasteiger partial charge is 0.494 e. The van der Waals surface area contributed by atoms with Gasteiger partial charge in [0.2, 0.25) is 0 Å². The van der Waals surface area contributed by atoms with E-state index >= 15 is 0 Å². The van der Waals surface area contributed by atoms with Crippen molar-refractivity contribution >= 4 is 50.5 Å². The normalized spacial score (nSPS) is 17.4. The van der Waals surface area contributed by atoms with Crippen molar-refractivity contribution < 1.29 is 14.3 Å². The van der Waals surface area contributed by atoms with Crippen LogP contribution in [0.2, 0.25) is 0 Å². The Morgan fingerprint density at radius 2 is 1.97 bits per heavy atom. The maximum absolute atomic E-state index is 12.5. The molecule has 0 bridgehead atoms. The van der Waals surface area contributed by atoms with Gasteiger partial charge in [-0.1, -0.05) is 12.5 Å². The molecule has 2 N–H and O–H groups in total. The summed E-state index contributed by atoms with van der Waals surface area (Å²) in [6.45, 7) is 3.85. The van der Waals surface area contributed by atoms with Gasteiger partial charge >= 0.3 is 0 Å². The second-order valence-corrected chi connectivity index (χ2v) is 11.7. The zero-order chi connectivity index (χ0) is 26.9. The Labute approximate surface area is 234 Å². The molecule has 0 radical (unpaired) electrons. The van der Waals surface area contributed by atoms with Crippen LogP contribution >= 0.6 is 22.7 Å². The van der Waals surface area contributed by atoms with E-state index in [1.807, 2.05) is 29.6 Å². The Morgan fingerprint density at radius 3 is 2.67 bits per heavy atom. The summed E-state index contributed by atoms with van der Waals surface area (Å²) in [7, 11) is 1.76. The minimum absolute atomic E-state index is 0.259. The number of hydrogen-bond donors (Lipinski definition) is 2. The van der Waals surface area contributed by atoms with Crippen LogP contribution in [-0.4, -0.2) is 48.0 Å². The topological polar surface area (TPSA) is 96.4 Å². The predicted octanol–water partition coefficient (Wildman–Crippen LogP) is 5.28. The lowest BCUT2D eigenvalue weighted by atomic mass is 10.0. The highest BCUT2D eigenvalue weighted by atomic mass is 32.1. The molecule has 0 spiro atoms.